The lowest BCUT2D eigenvalue weighted by Crippen LogP contribution is -1.91. The van der Waals surface area contributed by atoms with E-state index in [1.165, 1.54) is 11.3 Å². The van der Waals surface area contributed by atoms with Crippen molar-refractivity contribution < 1.29 is 0 Å². The van der Waals surface area contributed by atoms with Gasteiger partial charge in [-0.15, -0.1) is 33.1 Å². The van der Waals surface area contributed by atoms with Crippen molar-refractivity contribution in [2.24, 2.45) is 0 Å². The lowest BCUT2D eigenvalue weighted by Gasteiger charge is -2.04. The first-order chi connectivity index (χ1) is 9.24. The van der Waals surface area contributed by atoms with Crippen LogP contribution >= 0.6 is 50.2 Å². The van der Waals surface area contributed by atoms with Crippen molar-refractivity contribution in [2.75, 3.05) is 0 Å². The van der Waals surface area contributed by atoms with Gasteiger partial charge in [0.2, 0.25) is 0 Å². The highest BCUT2D eigenvalue weighted by atomic mass is 79.9. The van der Waals surface area contributed by atoms with Gasteiger partial charge in [0.25, 0.3) is 0 Å². The van der Waals surface area contributed by atoms with Crippen molar-refractivity contribution in [2.45, 2.75) is 5.38 Å². The van der Waals surface area contributed by atoms with Crippen LogP contribution in [0.3, 0.4) is 0 Å². The summed E-state index contributed by atoms with van der Waals surface area (Å²) >= 11 is 13.1. The molecule has 2 nitrogen and oxygen atoms in total. The fraction of sp³-hybridized carbons (Fsp3) is 0.0769. The van der Waals surface area contributed by atoms with Gasteiger partial charge in [0.05, 0.1) is 8.66 Å². The van der Waals surface area contributed by atoms with Crippen LogP contribution < -0.4 is 0 Å². The molecule has 3 aromatic rings. The highest BCUT2D eigenvalue weighted by Crippen LogP contribution is 2.37. The molecule has 6 heteroatoms. The molecule has 0 radical (unpaired) electrons. The molecule has 1 atom stereocenters. The second-order valence-electron chi connectivity index (χ2n) is 3.82. The van der Waals surface area contributed by atoms with E-state index in [1.54, 1.807) is 11.3 Å². The number of nitrogens with zero attached hydrogens (tertiary/aromatic N) is 2. The second-order valence-corrected chi connectivity index (χ2v) is 7.73. The molecule has 0 aliphatic heterocycles. The van der Waals surface area contributed by atoms with Gasteiger partial charge in [-0.05, 0) is 33.6 Å². The number of halogens is 2. The quantitative estimate of drug-likeness (QED) is 0.579. The highest BCUT2D eigenvalue weighted by Gasteiger charge is 2.17. The van der Waals surface area contributed by atoms with Crippen LogP contribution in [0.4, 0.5) is 0 Å². The summed E-state index contributed by atoms with van der Waals surface area (Å²) in [7, 11) is 0. The first-order valence-corrected chi connectivity index (χ1v) is 8.38. The first-order valence-electron chi connectivity index (χ1n) is 5.52. The molecule has 0 saturated carbocycles. The molecule has 2 heterocycles. The lowest BCUT2D eigenvalue weighted by molar-refractivity contribution is 0.989. The molecule has 3 rings (SSSR count). The third-order valence-electron chi connectivity index (χ3n) is 2.53. The molecule has 0 N–H and O–H groups in total. The number of benzene rings is 1. The molecule has 0 spiro atoms. The highest BCUT2D eigenvalue weighted by molar-refractivity contribution is 9.11. The summed E-state index contributed by atoms with van der Waals surface area (Å²) in [5, 5.41) is 9.92. The Hall–Kier alpha value is -0.750. The minimum Gasteiger partial charge on any atom is -0.141 e. The predicted octanol–water partition coefficient (Wildman–Crippen LogP) is 5.36. The van der Waals surface area contributed by atoms with E-state index in [0.717, 1.165) is 24.2 Å². The van der Waals surface area contributed by atoms with Crippen LogP contribution in [-0.4, -0.2) is 10.2 Å². The number of alkyl halides is 1. The van der Waals surface area contributed by atoms with Gasteiger partial charge in [0.15, 0.2) is 5.01 Å². The van der Waals surface area contributed by atoms with E-state index in [4.69, 9.17) is 11.6 Å². The smallest absolute Gasteiger partial charge is 0.141 e. The van der Waals surface area contributed by atoms with Crippen molar-refractivity contribution in [3.63, 3.8) is 0 Å². The van der Waals surface area contributed by atoms with Gasteiger partial charge in [-0.3, -0.25) is 0 Å². The number of hydrogen-bond acceptors (Lipinski definition) is 4. The van der Waals surface area contributed by atoms with Gasteiger partial charge >= 0.3 is 0 Å². The van der Waals surface area contributed by atoms with Crippen molar-refractivity contribution >= 4 is 50.2 Å². The van der Waals surface area contributed by atoms with Gasteiger partial charge in [0, 0.05) is 0 Å². The van der Waals surface area contributed by atoms with Crippen molar-refractivity contribution in [3.8, 4) is 9.88 Å². The summed E-state index contributed by atoms with van der Waals surface area (Å²) in [5.41, 5.74) is 1.04. The fourth-order valence-electron chi connectivity index (χ4n) is 1.63. The van der Waals surface area contributed by atoms with Gasteiger partial charge in [-0.25, -0.2) is 0 Å². The SMILES string of the molecule is ClC(c1ccccc1)c1nnc(-c2ccc(Br)s2)s1. The van der Waals surface area contributed by atoms with E-state index in [0.29, 0.717) is 0 Å². The summed E-state index contributed by atoms with van der Waals surface area (Å²) in [6.45, 7) is 0. The van der Waals surface area contributed by atoms with Crippen molar-refractivity contribution in [3.05, 3.63) is 56.8 Å². The largest absolute Gasteiger partial charge is 0.157 e. The monoisotopic (exact) mass is 370 g/mol. The van der Waals surface area contributed by atoms with E-state index in [9.17, 15) is 0 Å². The molecular weight excluding hydrogens is 364 g/mol. The van der Waals surface area contributed by atoms with E-state index in [1.807, 2.05) is 42.5 Å². The van der Waals surface area contributed by atoms with Crippen LogP contribution in [0.15, 0.2) is 46.3 Å². The zero-order valence-electron chi connectivity index (χ0n) is 9.59. The summed E-state index contributed by atoms with van der Waals surface area (Å²) in [6, 6.07) is 14.0. The molecule has 2 aromatic heterocycles. The van der Waals surface area contributed by atoms with Crippen molar-refractivity contribution in [1.29, 1.82) is 0 Å². The lowest BCUT2D eigenvalue weighted by atomic mass is 10.1. The molecule has 1 unspecified atom stereocenters. The average Bonchev–Trinajstić information content (AvgIpc) is 3.07. The zero-order chi connectivity index (χ0) is 13.2. The summed E-state index contributed by atoms with van der Waals surface area (Å²) in [4.78, 5) is 1.10. The maximum absolute atomic E-state index is 6.44. The predicted molar refractivity (Wildman–Crippen MR) is 85.1 cm³/mol. The second kappa shape index (κ2) is 5.71. The molecular formula is C13H8BrClN2S2. The van der Waals surface area contributed by atoms with Crippen LogP contribution in [-0.2, 0) is 0 Å². The first kappa shape index (κ1) is 13.2. The van der Waals surface area contributed by atoms with Crippen LogP contribution in [0.1, 0.15) is 15.9 Å². The van der Waals surface area contributed by atoms with Crippen LogP contribution in [0, 0.1) is 0 Å². The molecule has 0 saturated heterocycles. The summed E-state index contributed by atoms with van der Waals surface area (Å²) < 4.78 is 1.09. The minimum absolute atomic E-state index is 0.240. The Morgan fingerprint density at radius 3 is 2.47 bits per heavy atom. The Bertz CT molecular complexity index is 681. The number of aromatic nitrogens is 2. The van der Waals surface area contributed by atoms with E-state index < -0.39 is 0 Å². The maximum atomic E-state index is 6.44. The van der Waals surface area contributed by atoms with E-state index >= 15 is 0 Å². The standard InChI is InChI=1S/C13H8BrClN2S2/c14-10-7-6-9(18-10)12-16-17-13(19-12)11(15)8-4-2-1-3-5-8/h1-7,11H. The molecule has 0 aliphatic rings. The third kappa shape index (κ3) is 2.89. The summed E-state index contributed by atoms with van der Waals surface area (Å²) in [6.07, 6.45) is 0. The number of rotatable bonds is 3. The fourth-order valence-corrected chi connectivity index (χ4v) is 4.24. The average molecular weight is 372 g/mol. The van der Waals surface area contributed by atoms with Crippen molar-refractivity contribution in [1.82, 2.24) is 10.2 Å². The Kier molecular flexibility index (Phi) is 3.98. The summed E-state index contributed by atoms with van der Waals surface area (Å²) in [5.74, 6) is 0. The maximum Gasteiger partial charge on any atom is 0.157 e. The Morgan fingerprint density at radius 1 is 1.00 bits per heavy atom. The molecule has 19 heavy (non-hydrogen) atoms. The minimum atomic E-state index is -0.240. The van der Waals surface area contributed by atoms with Gasteiger partial charge in [-0.2, -0.15) is 0 Å². The molecule has 1 aromatic carbocycles. The van der Waals surface area contributed by atoms with Crippen LogP contribution in [0.25, 0.3) is 9.88 Å². The molecule has 96 valence electrons. The number of thiophene rings is 1. The van der Waals surface area contributed by atoms with E-state index in [-0.39, 0.29) is 5.38 Å². The molecule has 0 amide bonds. The molecule has 0 fully saturated rings. The Morgan fingerprint density at radius 2 is 1.79 bits per heavy atom. The van der Waals surface area contributed by atoms with Gasteiger partial charge < -0.3 is 0 Å². The third-order valence-corrected chi connectivity index (χ3v) is 5.90. The van der Waals surface area contributed by atoms with Gasteiger partial charge in [-0.1, -0.05) is 41.7 Å². The topological polar surface area (TPSA) is 25.8 Å². The number of hydrogen-bond donors (Lipinski definition) is 0. The van der Waals surface area contributed by atoms with Crippen LogP contribution in [0.2, 0.25) is 0 Å². The van der Waals surface area contributed by atoms with E-state index in [2.05, 4.69) is 26.1 Å². The van der Waals surface area contributed by atoms with Gasteiger partial charge in [0.1, 0.15) is 10.4 Å². The molecule has 0 aliphatic carbocycles. The Balaban J connectivity index is 1.89. The zero-order valence-corrected chi connectivity index (χ0v) is 13.6. The Labute approximate surface area is 132 Å². The molecule has 0 bridgehead atoms. The normalized spacial score (nSPS) is 12.5. The van der Waals surface area contributed by atoms with Crippen LogP contribution in [0.5, 0.6) is 0 Å².